The first-order valence-electron chi connectivity index (χ1n) is 6.52. The summed E-state index contributed by atoms with van der Waals surface area (Å²) in [4.78, 5) is 2.33. The van der Waals surface area contributed by atoms with Crippen LogP contribution >= 0.6 is 11.6 Å². The maximum Gasteiger partial charge on any atom is 0.117 e. The van der Waals surface area contributed by atoms with Gasteiger partial charge in [0.15, 0.2) is 0 Å². The van der Waals surface area contributed by atoms with Crippen molar-refractivity contribution in [1.82, 2.24) is 4.90 Å². The molecule has 0 atom stereocenters. The van der Waals surface area contributed by atoms with Crippen LogP contribution in [0.25, 0.3) is 0 Å². The number of nitrogens with zero attached hydrogens (tertiary/aromatic N) is 1. The van der Waals surface area contributed by atoms with E-state index >= 15 is 0 Å². The molecule has 0 radical (unpaired) electrons. The van der Waals surface area contributed by atoms with Gasteiger partial charge >= 0.3 is 0 Å². The van der Waals surface area contributed by atoms with E-state index in [-0.39, 0.29) is 0 Å². The molecule has 0 fully saturated rings. The van der Waals surface area contributed by atoms with Gasteiger partial charge in [0, 0.05) is 23.8 Å². The molecule has 1 aromatic heterocycles. The van der Waals surface area contributed by atoms with Crippen LogP contribution in [0.3, 0.4) is 0 Å². The Morgan fingerprint density at radius 2 is 2.16 bits per heavy atom. The lowest BCUT2D eigenvalue weighted by Gasteiger charge is -2.19. The molecule has 0 aliphatic carbocycles. The van der Waals surface area contributed by atoms with Crippen LogP contribution in [-0.4, -0.2) is 24.5 Å². The first kappa shape index (κ1) is 14.0. The van der Waals surface area contributed by atoms with Crippen LogP contribution in [-0.2, 0) is 6.54 Å². The third-order valence-electron chi connectivity index (χ3n) is 2.99. The molecule has 0 aliphatic rings. The highest BCUT2D eigenvalue weighted by atomic mass is 35.5. The minimum absolute atomic E-state index is 0.757. The Balaban J connectivity index is 1.77. The molecule has 0 bridgehead atoms. The molecule has 4 heteroatoms. The minimum Gasteiger partial charge on any atom is -0.468 e. The Hall–Kier alpha value is -1.45. The van der Waals surface area contributed by atoms with Gasteiger partial charge in [0.25, 0.3) is 0 Å². The zero-order valence-electron chi connectivity index (χ0n) is 11.1. The smallest absolute Gasteiger partial charge is 0.117 e. The van der Waals surface area contributed by atoms with Gasteiger partial charge in [-0.15, -0.1) is 0 Å². The quantitative estimate of drug-likeness (QED) is 0.833. The van der Waals surface area contributed by atoms with Crippen molar-refractivity contribution in [3.63, 3.8) is 0 Å². The largest absolute Gasteiger partial charge is 0.468 e. The molecule has 1 N–H and O–H groups in total. The van der Waals surface area contributed by atoms with Crippen LogP contribution in [0.15, 0.2) is 47.1 Å². The van der Waals surface area contributed by atoms with Crippen LogP contribution in [0.1, 0.15) is 12.7 Å². The van der Waals surface area contributed by atoms with Crippen molar-refractivity contribution >= 4 is 17.3 Å². The van der Waals surface area contributed by atoms with Crippen LogP contribution in [0.5, 0.6) is 0 Å². The Morgan fingerprint density at radius 3 is 2.84 bits per heavy atom. The highest BCUT2D eigenvalue weighted by Gasteiger charge is 2.05. The molecule has 0 saturated carbocycles. The Kier molecular flexibility index (Phi) is 5.31. The van der Waals surface area contributed by atoms with Crippen molar-refractivity contribution in [3.05, 3.63) is 53.4 Å². The zero-order chi connectivity index (χ0) is 13.5. The van der Waals surface area contributed by atoms with E-state index in [1.807, 2.05) is 36.4 Å². The average Bonchev–Trinajstić information content (AvgIpc) is 2.90. The van der Waals surface area contributed by atoms with E-state index in [4.69, 9.17) is 16.0 Å². The lowest BCUT2D eigenvalue weighted by atomic mass is 10.3. The second-order valence-electron chi connectivity index (χ2n) is 4.39. The lowest BCUT2D eigenvalue weighted by Crippen LogP contribution is -2.28. The van der Waals surface area contributed by atoms with Crippen molar-refractivity contribution in [3.8, 4) is 0 Å². The molecule has 0 aliphatic heterocycles. The standard InChI is InChI=1S/C15H19ClN2O/c1-2-18(12-15-7-4-10-19-15)9-8-17-14-6-3-5-13(16)11-14/h3-7,10-11,17H,2,8-9,12H2,1H3. The summed E-state index contributed by atoms with van der Waals surface area (Å²) in [6.45, 7) is 5.85. The van der Waals surface area contributed by atoms with Gasteiger partial charge < -0.3 is 9.73 Å². The number of furan rings is 1. The summed E-state index contributed by atoms with van der Waals surface area (Å²) >= 11 is 5.95. The molecule has 0 unspecified atom stereocenters. The second-order valence-corrected chi connectivity index (χ2v) is 4.82. The highest BCUT2D eigenvalue weighted by Crippen LogP contribution is 2.14. The average molecular weight is 279 g/mol. The monoisotopic (exact) mass is 278 g/mol. The van der Waals surface area contributed by atoms with Crippen LogP contribution < -0.4 is 5.32 Å². The van der Waals surface area contributed by atoms with Crippen molar-refractivity contribution in [2.75, 3.05) is 25.0 Å². The van der Waals surface area contributed by atoms with Gasteiger partial charge in [-0.2, -0.15) is 0 Å². The first-order chi connectivity index (χ1) is 9.28. The molecule has 102 valence electrons. The minimum atomic E-state index is 0.757. The van der Waals surface area contributed by atoms with Gasteiger partial charge in [0.05, 0.1) is 12.8 Å². The summed E-state index contributed by atoms with van der Waals surface area (Å²) in [6, 6.07) is 11.7. The molecule has 1 heterocycles. The van der Waals surface area contributed by atoms with E-state index in [9.17, 15) is 0 Å². The number of rotatable bonds is 7. The summed E-state index contributed by atoms with van der Waals surface area (Å²) in [5.41, 5.74) is 1.06. The van der Waals surface area contributed by atoms with Gasteiger partial charge in [-0.3, -0.25) is 4.90 Å². The van der Waals surface area contributed by atoms with E-state index in [2.05, 4.69) is 17.1 Å². The van der Waals surface area contributed by atoms with Crippen molar-refractivity contribution in [2.24, 2.45) is 0 Å². The maximum atomic E-state index is 5.95. The van der Waals surface area contributed by atoms with Crippen molar-refractivity contribution < 1.29 is 4.42 Å². The number of hydrogen-bond donors (Lipinski definition) is 1. The molecule has 0 amide bonds. The first-order valence-corrected chi connectivity index (χ1v) is 6.90. The Bertz CT molecular complexity index is 485. The fraction of sp³-hybridized carbons (Fsp3) is 0.333. The number of halogens is 1. The molecule has 2 aromatic rings. The Labute approximate surface area is 119 Å². The summed E-state index contributed by atoms with van der Waals surface area (Å²) in [6.07, 6.45) is 1.72. The number of likely N-dealkylation sites (N-methyl/N-ethyl adjacent to an activating group) is 1. The van der Waals surface area contributed by atoms with Gasteiger partial charge in [0.2, 0.25) is 0 Å². The predicted molar refractivity (Wildman–Crippen MR) is 79.6 cm³/mol. The normalized spacial score (nSPS) is 10.9. The van der Waals surface area contributed by atoms with Crippen molar-refractivity contribution in [2.45, 2.75) is 13.5 Å². The van der Waals surface area contributed by atoms with E-state index in [1.165, 1.54) is 0 Å². The van der Waals surface area contributed by atoms with Gasteiger partial charge in [0.1, 0.15) is 5.76 Å². The third kappa shape index (κ3) is 4.62. The van der Waals surface area contributed by atoms with Crippen LogP contribution in [0.4, 0.5) is 5.69 Å². The molecule has 2 rings (SSSR count). The number of hydrogen-bond acceptors (Lipinski definition) is 3. The predicted octanol–water partition coefficient (Wildman–Crippen LogP) is 3.87. The summed E-state index contributed by atoms with van der Waals surface area (Å²) < 4.78 is 5.37. The zero-order valence-corrected chi connectivity index (χ0v) is 11.9. The summed E-state index contributed by atoms with van der Waals surface area (Å²) in [5.74, 6) is 1.00. The third-order valence-corrected chi connectivity index (χ3v) is 3.22. The molecule has 0 saturated heterocycles. The van der Waals surface area contributed by atoms with E-state index in [0.29, 0.717) is 0 Å². The van der Waals surface area contributed by atoms with Gasteiger partial charge in [-0.25, -0.2) is 0 Å². The van der Waals surface area contributed by atoms with E-state index in [0.717, 1.165) is 42.6 Å². The van der Waals surface area contributed by atoms with Crippen LogP contribution in [0.2, 0.25) is 5.02 Å². The fourth-order valence-electron chi connectivity index (χ4n) is 1.93. The lowest BCUT2D eigenvalue weighted by molar-refractivity contribution is 0.265. The summed E-state index contributed by atoms with van der Waals surface area (Å²) in [7, 11) is 0. The number of benzene rings is 1. The highest BCUT2D eigenvalue weighted by molar-refractivity contribution is 6.30. The molecular weight excluding hydrogens is 260 g/mol. The van der Waals surface area contributed by atoms with Gasteiger partial charge in [-0.05, 0) is 36.9 Å². The Morgan fingerprint density at radius 1 is 1.26 bits per heavy atom. The number of anilines is 1. The topological polar surface area (TPSA) is 28.4 Å². The second kappa shape index (κ2) is 7.22. The maximum absolute atomic E-state index is 5.95. The number of nitrogens with one attached hydrogen (secondary N) is 1. The van der Waals surface area contributed by atoms with Gasteiger partial charge in [-0.1, -0.05) is 24.6 Å². The molecule has 19 heavy (non-hydrogen) atoms. The van der Waals surface area contributed by atoms with Crippen molar-refractivity contribution in [1.29, 1.82) is 0 Å². The fourth-order valence-corrected chi connectivity index (χ4v) is 2.12. The van der Waals surface area contributed by atoms with Crippen LogP contribution in [0, 0.1) is 0 Å². The molecular formula is C15H19ClN2O. The van der Waals surface area contributed by atoms with E-state index < -0.39 is 0 Å². The molecule has 3 nitrogen and oxygen atoms in total. The SMILES string of the molecule is CCN(CCNc1cccc(Cl)c1)Cc1ccco1. The molecule has 0 spiro atoms. The molecule has 1 aromatic carbocycles. The van der Waals surface area contributed by atoms with E-state index in [1.54, 1.807) is 6.26 Å². The summed E-state index contributed by atoms with van der Waals surface area (Å²) in [5, 5.41) is 4.13.